The first-order chi connectivity index (χ1) is 20.8. The number of nitrogens with zero attached hydrogens (tertiary/aromatic N) is 6. The fourth-order valence-corrected chi connectivity index (χ4v) is 5.69. The van der Waals surface area contributed by atoms with Crippen molar-refractivity contribution in [2.24, 2.45) is 0 Å². The van der Waals surface area contributed by atoms with Crippen molar-refractivity contribution in [1.82, 2.24) is 25.0 Å². The molecular weight excluding hydrogens is 565 g/mol. The molecule has 0 atom stereocenters. The highest BCUT2D eigenvalue weighted by atomic mass is 35.5. The smallest absolute Gasteiger partial charge is 0.157 e. The molecule has 0 bridgehead atoms. The maximum atomic E-state index is 16.2. The summed E-state index contributed by atoms with van der Waals surface area (Å²) in [5.74, 6) is -0.341. The van der Waals surface area contributed by atoms with Crippen LogP contribution in [0.25, 0.3) is 44.7 Å². The van der Waals surface area contributed by atoms with Crippen LogP contribution in [0.4, 0.5) is 10.1 Å². The van der Waals surface area contributed by atoms with Gasteiger partial charge in [-0.15, -0.1) is 0 Å². The summed E-state index contributed by atoms with van der Waals surface area (Å²) in [5.41, 5.74) is 4.42. The second kappa shape index (κ2) is 12.0. The van der Waals surface area contributed by atoms with Crippen LogP contribution < -0.4 is 4.90 Å². The molecule has 2 N–H and O–H groups in total. The third-order valence-corrected chi connectivity index (χ3v) is 8.15. The van der Waals surface area contributed by atoms with E-state index in [1.54, 1.807) is 36.4 Å². The number of halogens is 2. The van der Waals surface area contributed by atoms with Gasteiger partial charge in [-0.3, -0.25) is 10.00 Å². The van der Waals surface area contributed by atoms with Crippen LogP contribution in [-0.2, 0) is 0 Å². The Bertz CT molecular complexity index is 1810. The maximum Gasteiger partial charge on any atom is 0.157 e. The lowest BCUT2D eigenvalue weighted by Gasteiger charge is -2.36. The molecule has 3 aromatic carbocycles. The average molecular weight is 596 g/mol. The number of nitriles is 1. The first kappa shape index (κ1) is 28.6. The standard InChI is InChI=1S/C33H31ClFN7O/c1-40(2)13-14-41-15-17-42(18-16-41)24-9-12-26(28(35)19-24)29-27(20-36)31(21-5-10-25(43)11-6-21)37-33-30(29)32(38-39-33)22-3-7-23(34)8-4-22/h3-12,19,43H,13-18H2,1-2H3,(H,37,38,39). The van der Waals surface area contributed by atoms with Gasteiger partial charge in [-0.1, -0.05) is 23.7 Å². The minimum absolute atomic E-state index is 0.0929. The Morgan fingerprint density at radius 2 is 1.65 bits per heavy atom. The molecule has 2 aromatic heterocycles. The zero-order valence-electron chi connectivity index (χ0n) is 24.0. The molecule has 6 rings (SSSR count). The maximum absolute atomic E-state index is 16.2. The lowest BCUT2D eigenvalue weighted by Crippen LogP contribution is -2.48. The summed E-state index contributed by atoms with van der Waals surface area (Å²) in [4.78, 5) is 11.6. The third kappa shape index (κ3) is 5.77. The van der Waals surface area contributed by atoms with Crippen molar-refractivity contribution in [3.63, 3.8) is 0 Å². The lowest BCUT2D eigenvalue weighted by atomic mass is 9.91. The van der Waals surface area contributed by atoms with Gasteiger partial charge in [0.05, 0.1) is 16.6 Å². The van der Waals surface area contributed by atoms with Gasteiger partial charge in [0.2, 0.25) is 0 Å². The normalized spacial score (nSPS) is 14.0. The number of aromatic hydroxyl groups is 1. The highest BCUT2D eigenvalue weighted by Gasteiger charge is 2.26. The summed E-state index contributed by atoms with van der Waals surface area (Å²) in [5, 5.41) is 29.0. The molecule has 0 radical (unpaired) electrons. The van der Waals surface area contributed by atoms with Crippen LogP contribution >= 0.6 is 11.6 Å². The number of hydrogen-bond donors (Lipinski definition) is 2. The van der Waals surface area contributed by atoms with Gasteiger partial charge >= 0.3 is 0 Å². The molecule has 8 nitrogen and oxygen atoms in total. The van der Waals surface area contributed by atoms with Gasteiger partial charge in [-0.25, -0.2) is 9.37 Å². The van der Waals surface area contributed by atoms with Gasteiger partial charge in [0.1, 0.15) is 23.3 Å². The van der Waals surface area contributed by atoms with E-state index >= 15 is 4.39 Å². The molecule has 0 spiro atoms. The van der Waals surface area contributed by atoms with Crippen LogP contribution in [0.3, 0.4) is 0 Å². The molecule has 0 amide bonds. The highest BCUT2D eigenvalue weighted by molar-refractivity contribution is 6.30. The zero-order valence-corrected chi connectivity index (χ0v) is 24.7. The Balaban J connectivity index is 1.46. The Kier molecular flexibility index (Phi) is 8.00. The van der Waals surface area contributed by atoms with Crippen molar-refractivity contribution in [3.8, 4) is 45.5 Å². The van der Waals surface area contributed by atoms with Gasteiger partial charge < -0.3 is 14.9 Å². The number of piperazine rings is 1. The minimum Gasteiger partial charge on any atom is -0.508 e. The summed E-state index contributed by atoms with van der Waals surface area (Å²) in [6, 6.07) is 21.1. The molecule has 1 fully saturated rings. The molecule has 0 saturated carbocycles. The summed E-state index contributed by atoms with van der Waals surface area (Å²) < 4.78 is 16.2. The number of fused-ring (bicyclic) bond motifs is 1. The van der Waals surface area contributed by atoms with E-state index in [4.69, 9.17) is 16.6 Å². The molecule has 43 heavy (non-hydrogen) atoms. The summed E-state index contributed by atoms with van der Waals surface area (Å²) in [7, 11) is 4.15. The highest BCUT2D eigenvalue weighted by Crippen LogP contribution is 2.42. The number of likely N-dealkylation sites (N-methyl/N-ethyl adjacent to an activating group) is 1. The number of aromatic nitrogens is 3. The molecule has 0 aliphatic carbocycles. The number of H-pyrrole nitrogens is 1. The van der Waals surface area contributed by atoms with Crippen molar-refractivity contribution in [2.45, 2.75) is 0 Å². The van der Waals surface area contributed by atoms with E-state index in [1.807, 2.05) is 18.2 Å². The minimum atomic E-state index is -0.434. The van der Waals surface area contributed by atoms with Crippen LogP contribution in [-0.4, -0.2) is 83.5 Å². The Hall–Kier alpha value is -4.49. The van der Waals surface area contributed by atoms with Gasteiger partial charge in [0.25, 0.3) is 0 Å². The monoisotopic (exact) mass is 595 g/mol. The number of hydrogen-bond acceptors (Lipinski definition) is 7. The SMILES string of the molecule is CN(C)CCN1CCN(c2ccc(-c3c(C#N)c(-c4ccc(O)cc4)nc4[nH]nc(-c5ccc(Cl)cc5)c34)c(F)c2)CC1. The molecular formula is C33H31ClFN7O. The number of aromatic amines is 1. The summed E-state index contributed by atoms with van der Waals surface area (Å²) >= 11 is 6.14. The van der Waals surface area contributed by atoms with E-state index in [-0.39, 0.29) is 16.9 Å². The van der Waals surface area contributed by atoms with Crippen LogP contribution in [0.2, 0.25) is 5.02 Å². The number of phenols is 1. The van der Waals surface area contributed by atoms with E-state index in [0.29, 0.717) is 38.6 Å². The van der Waals surface area contributed by atoms with Crippen LogP contribution in [0.5, 0.6) is 5.75 Å². The molecule has 0 unspecified atom stereocenters. The van der Waals surface area contributed by atoms with Gasteiger partial charge in [0, 0.05) is 72.2 Å². The molecule has 1 aliphatic heterocycles. The van der Waals surface area contributed by atoms with E-state index in [0.717, 1.165) is 50.5 Å². The topological polar surface area (TPSA) is 95.3 Å². The predicted octanol–water partition coefficient (Wildman–Crippen LogP) is 6.01. The van der Waals surface area contributed by atoms with E-state index in [2.05, 4.69) is 45.1 Å². The number of anilines is 1. The van der Waals surface area contributed by atoms with E-state index in [9.17, 15) is 10.4 Å². The Morgan fingerprint density at radius 3 is 2.30 bits per heavy atom. The fourth-order valence-electron chi connectivity index (χ4n) is 5.56. The van der Waals surface area contributed by atoms with Crippen molar-refractivity contribution >= 4 is 28.3 Å². The van der Waals surface area contributed by atoms with Crippen molar-refractivity contribution in [3.05, 3.63) is 83.1 Å². The number of nitrogens with one attached hydrogen (secondary N) is 1. The lowest BCUT2D eigenvalue weighted by molar-refractivity contribution is 0.229. The third-order valence-electron chi connectivity index (χ3n) is 7.90. The van der Waals surface area contributed by atoms with Gasteiger partial charge in [-0.2, -0.15) is 10.4 Å². The number of rotatable bonds is 7. The fraction of sp³-hybridized carbons (Fsp3) is 0.242. The van der Waals surface area contributed by atoms with Crippen LogP contribution in [0.15, 0.2) is 66.7 Å². The van der Waals surface area contributed by atoms with E-state index < -0.39 is 5.82 Å². The van der Waals surface area contributed by atoms with Crippen molar-refractivity contribution in [2.75, 3.05) is 58.3 Å². The molecule has 1 saturated heterocycles. The number of phenolic OH excluding ortho intramolecular Hbond substituents is 1. The van der Waals surface area contributed by atoms with Crippen molar-refractivity contribution < 1.29 is 9.50 Å². The molecule has 10 heteroatoms. The summed E-state index contributed by atoms with van der Waals surface area (Å²) in [6.45, 7) is 5.45. The predicted molar refractivity (Wildman–Crippen MR) is 169 cm³/mol. The van der Waals surface area contributed by atoms with Gasteiger partial charge in [-0.05, 0) is 68.7 Å². The molecule has 5 aromatic rings. The van der Waals surface area contributed by atoms with Crippen LogP contribution in [0.1, 0.15) is 5.56 Å². The quantitative estimate of drug-likeness (QED) is 0.238. The van der Waals surface area contributed by atoms with E-state index in [1.165, 1.54) is 12.1 Å². The summed E-state index contributed by atoms with van der Waals surface area (Å²) in [6.07, 6.45) is 0. The van der Waals surface area contributed by atoms with Crippen molar-refractivity contribution in [1.29, 1.82) is 5.26 Å². The van der Waals surface area contributed by atoms with Crippen LogP contribution in [0, 0.1) is 17.1 Å². The average Bonchev–Trinajstić information content (AvgIpc) is 3.44. The number of pyridine rings is 1. The zero-order chi connectivity index (χ0) is 30.1. The molecule has 218 valence electrons. The Morgan fingerprint density at radius 1 is 0.977 bits per heavy atom. The molecule has 1 aliphatic rings. The first-order valence-electron chi connectivity index (χ1n) is 14.1. The molecule has 3 heterocycles. The van der Waals surface area contributed by atoms with Gasteiger partial charge in [0.15, 0.2) is 5.65 Å². The second-order valence-corrected chi connectivity index (χ2v) is 11.4. The second-order valence-electron chi connectivity index (χ2n) is 11.0. The Labute approximate surface area is 254 Å². The largest absolute Gasteiger partial charge is 0.508 e. The number of benzene rings is 3. The first-order valence-corrected chi connectivity index (χ1v) is 14.5.